The van der Waals surface area contributed by atoms with E-state index in [4.69, 9.17) is 9.47 Å². The van der Waals surface area contributed by atoms with Crippen molar-refractivity contribution in [1.29, 1.82) is 0 Å². The Morgan fingerprint density at radius 1 is 1.32 bits per heavy atom. The smallest absolute Gasteiger partial charge is 0.123 e. The van der Waals surface area contributed by atoms with Gasteiger partial charge in [0.1, 0.15) is 5.75 Å². The number of benzene rings is 1. The zero-order chi connectivity index (χ0) is 13.7. The molecule has 1 aliphatic rings. The van der Waals surface area contributed by atoms with Crippen molar-refractivity contribution < 1.29 is 9.47 Å². The lowest BCUT2D eigenvalue weighted by Gasteiger charge is -2.22. The molecule has 1 aliphatic carbocycles. The van der Waals surface area contributed by atoms with Crippen LogP contribution in [0.25, 0.3) is 0 Å². The van der Waals surface area contributed by atoms with Crippen LogP contribution in [0.15, 0.2) is 18.2 Å². The molecule has 19 heavy (non-hydrogen) atoms. The molecule has 3 heteroatoms. The second kappa shape index (κ2) is 6.92. The van der Waals surface area contributed by atoms with Gasteiger partial charge >= 0.3 is 0 Å². The van der Waals surface area contributed by atoms with E-state index >= 15 is 0 Å². The van der Waals surface area contributed by atoms with E-state index in [0.29, 0.717) is 12.7 Å². The average molecular weight is 263 g/mol. The minimum atomic E-state index is 0.190. The molecule has 1 aromatic rings. The molecule has 1 aromatic carbocycles. The van der Waals surface area contributed by atoms with Gasteiger partial charge in [-0.2, -0.15) is 0 Å². The molecule has 0 saturated heterocycles. The fourth-order valence-electron chi connectivity index (χ4n) is 2.74. The molecule has 1 atom stereocenters. The first kappa shape index (κ1) is 14.4. The van der Waals surface area contributed by atoms with E-state index in [1.807, 2.05) is 13.1 Å². The van der Waals surface area contributed by atoms with Crippen molar-refractivity contribution in [2.45, 2.75) is 44.8 Å². The first-order chi connectivity index (χ1) is 9.24. The number of methoxy groups -OCH3 is 1. The average Bonchev–Trinajstić information content (AvgIpc) is 2.93. The highest BCUT2D eigenvalue weighted by Gasteiger charge is 2.20. The first-order valence-electron chi connectivity index (χ1n) is 7.18. The molecule has 0 amide bonds. The number of hydrogen-bond acceptors (Lipinski definition) is 3. The predicted octanol–water partition coefficient (Wildman–Crippen LogP) is 3.22. The second-order valence-corrected chi connectivity index (χ2v) is 5.33. The number of aryl methyl sites for hydroxylation is 1. The molecule has 0 radical (unpaired) electrons. The van der Waals surface area contributed by atoms with Crippen molar-refractivity contribution >= 4 is 0 Å². The molecule has 0 aromatic heterocycles. The lowest BCUT2D eigenvalue weighted by Crippen LogP contribution is -2.25. The molecule has 3 nitrogen and oxygen atoms in total. The molecule has 0 bridgehead atoms. The van der Waals surface area contributed by atoms with Gasteiger partial charge in [-0.25, -0.2) is 0 Å². The normalized spacial score (nSPS) is 17.6. The first-order valence-corrected chi connectivity index (χ1v) is 7.18. The monoisotopic (exact) mass is 263 g/mol. The largest absolute Gasteiger partial charge is 0.496 e. The Morgan fingerprint density at radius 2 is 2.05 bits per heavy atom. The minimum absolute atomic E-state index is 0.190. The second-order valence-electron chi connectivity index (χ2n) is 5.33. The Labute approximate surface area is 116 Å². The van der Waals surface area contributed by atoms with Crippen molar-refractivity contribution in [3.05, 3.63) is 29.3 Å². The van der Waals surface area contributed by atoms with Crippen LogP contribution >= 0.6 is 0 Å². The summed E-state index contributed by atoms with van der Waals surface area (Å²) in [5, 5.41) is 3.34. The zero-order valence-corrected chi connectivity index (χ0v) is 12.2. The van der Waals surface area contributed by atoms with Gasteiger partial charge in [0.15, 0.2) is 0 Å². The Hall–Kier alpha value is -1.06. The van der Waals surface area contributed by atoms with E-state index in [2.05, 4.69) is 24.4 Å². The third-order valence-corrected chi connectivity index (χ3v) is 3.91. The van der Waals surface area contributed by atoms with E-state index < -0.39 is 0 Å². The van der Waals surface area contributed by atoms with Gasteiger partial charge < -0.3 is 14.8 Å². The Morgan fingerprint density at radius 3 is 2.68 bits per heavy atom. The Balaban J connectivity index is 2.05. The van der Waals surface area contributed by atoms with Crippen molar-refractivity contribution in [3.8, 4) is 5.75 Å². The number of rotatable bonds is 6. The fraction of sp³-hybridized carbons (Fsp3) is 0.625. The third-order valence-electron chi connectivity index (χ3n) is 3.91. The van der Waals surface area contributed by atoms with E-state index in [0.717, 1.165) is 5.75 Å². The van der Waals surface area contributed by atoms with Gasteiger partial charge in [0, 0.05) is 5.56 Å². The standard InChI is InChI=1S/C16H25NO2/c1-12-8-9-16(18-3)14(10-12)15(17-2)11-19-13-6-4-5-7-13/h8-10,13,15,17H,4-7,11H2,1-3H3. The van der Waals surface area contributed by atoms with Crippen LogP contribution in [-0.4, -0.2) is 26.9 Å². The summed E-state index contributed by atoms with van der Waals surface area (Å²) in [5.74, 6) is 0.931. The van der Waals surface area contributed by atoms with E-state index in [1.165, 1.54) is 36.8 Å². The van der Waals surface area contributed by atoms with Gasteiger partial charge in [-0.3, -0.25) is 0 Å². The molecule has 1 fully saturated rings. The van der Waals surface area contributed by atoms with Crippen LogP contribution in [-0.2, 0) is 4.74 Å². The summed E-state index contributed by atoms with van der Waals surface area (Å²) in [6.45, 7) is 2.81. The maximum atomic E-state index is 6.03. The van der Waals surface area contributed by atoms with Crippen LogP contribution in [0, 0.1) is 6.92 Å². The van der Waals surface area contributed by atoms with Gasteiger partial charge in [-0.05, 0) is 32.9 Å². The highest BCUT2D eigenvalue weighted by molar-refractivity contribution is 5.39. The topological polar surface area (TPSA) is 30.5 Å². The third kappa shape index (κ3) is 3.71. The summed E-state index contributed by atoms with van der Waals surface area (Å²) in [4.78, 5) is 0. The molecule has 2 rings (SSSR count). The van der Waals surface area contributed by atoms with Gasteiger partial charge in [0.25, 0.3) is 0 Å². The number of nitrogens with one attached hydrogen (secondary N) is 1. The molecule has 106 valence electrons. The molecule has 1 unspecified atom stereocenters. The van der Waals surface area contributed by atoms with Crippen LogP contribution < -0.4 is 10.1 Å². The summed E-state index contributed by atoms with van der Waals surface area (Å²) >= 11 is 0. The Bertz CT molecular complexity index is 400. The summed E-state index contributed by atoms with van der Waals surface area (Å²) in [5.41, 5.74) is 2.43. The van der Waals surface area contributed by atoms with Crippen LogP contribution in [0.5, 0.6) is 5.75 Å². The van der Waals surface area contributed by atoms with Gasteiger partial charge in [-0.15, -0.1) is 0 Å². The van der Waals surface area contributed by atoms with Crippen LogP contribution in [0.3, 0.4) is 0 Å². The molecule has 1 saturated carbocycles. The lowest BCUT2D eigenvalue weighted by molar-refractivity contribution is 0.0435. The van der Waals surface area contributed by atoms with Crippen molar-refractivity contribution in [2.75, 3.05) is 20.8 Å². The van der Waals surface area contributed by atoms with Gasteiger partial charge in [0.05, 0.1) is 25.9 Å². The fourth-order valence-corrected chi connectivity index (χ4v) is 2.74. The quantitative estimate of drug-likeness (QED) is 0.855. The molecule has 0 heterocycles. The lowest BCUT2D eigenvalue weighted by atomic mass is 10.0. The van der Waals surface area contributed by atoms with Crippen molar-refractivity contribution in [1.82, 2.24) is 5.32 Å². The van der Waals surface area contributed by atoms with E-state index in [9.17, 15) is 0 Å². The molecular weight excluding hydrogens is 238 g/mol. The summed E-state index contributed by atoms with van der Waals surface area (Å²) in [7, 11) is 3.70. The van der Waals surface area contributed by atoms with Crippen molar-refractivity contribution in [3.63, 3.8) is 0 Å². The van der Waals surface area contributed by atoms with E-state index in [1.54, 1.807) is 7.11 Å². The highest BCUT2D eigenvalue weighted by atomic mass is 16.5. The van der Waals surface area contributed by atoms with E-state index in [-0.39, 0.29) is 6.04 Å². The maximum Gasteiger partial charge on any atom is 0.123 e. The molecular formula is C16H25NO2. The number of ether oxygens (including phenoxy) is 2. The number of hydrogen-bond donors (Lipinski definition) is 1. The van der Waals surface area contributed by atoms with Gasteiger partial charge in [0.2, 0.25) is 0 Å². The summed E-state index contributed by atoms with van der Waals surface area (Å²) < 4.78 is 11.5. The predicted molar refractivity (Wildman–Crippen MR) is 77.7 cm³/mol. The SMILES string of the molecule is CNC(COC1CCCC1)c1cc(C)ccc1OC. The molecule has 0 aliphatic heterocycles. The van der Waals surface area contributed by atoms with Crippen LogP contribution in [0.1, 0.15) is 42.9 Å². The minimum Gasteiger partial charge on any atom is -0.496 e. The number of likely N-dealkylation sites (N-methyl/N-ethyl adjacent to an activating group) is 1. The summed E-state index contributed by atoms with van der Waals surface area (Å²) in [6, 6.07) is 6.48. The molecule has 1 N–H and O–H groups in total. The maximum absolute atomic E-state index is 6.03. The highest BCUT2D eigenvalue weighted by Crippen LogP contribution is 2.28. The zero-order valence-electron chi connectivity index (χ0n) is 12.2. The Kier molecular flexibility index (Phi) is 5.23. The van der Waals surface area contributed by atoms with Crippen LogP contribution in [0.2, 0.25) is 0 Å². The molecule has 0 spiro atoms. The van der Waals surface area contributed by atoms with Crippen LogP contribution in [0.4, 0.5) is 0 Å². The van der Waals surface area contributed by atoms with Crippen molar-refractivity contribution in [2.24, 2.45) is 0 Å². The van der Waals surface area contributed by atoms with Gasteiger partial charge in [-0.1, -0.05) is 30.5 Å². The summed E-state index contributed by atoms with van der Waals surface area (Å²) in [6.07, 6.45) is 5.49.